The molecule has 6 nitrogen and oxygen atoms in total. The molecule has 0 bridgehead atoms. The average Bonchev–Trinajstić information content (AvgIpc) is 2.70. The lowest BCUT2D eigenvalue weighted by Crippen LogP contribution is -2.40. The Balaban J connectivity index is 1.81. The van der Waals surface area contributed by atoms with Crippen molar-refractivity contribution in [3.8, 4) is 5.75 Å². The second kappa shape index (κ2) is 8.96. The van der Waals surface area contributed by atoms with Crippen LogP contribution >= 0.6 is 0 Å². The Kier molecular flexibility index (Phi) is 6.39. The van der Waals surface area contributed by atoms with Crippen LogP contribution in [0.25, 0.3) is 10.8 Å². The minimum atomic E-state index is -3.66. The number of ether oxygens (including phenoxy) is 1. The lowest BCUT2D eigenvalue weighted by molar-refractivity contribution is -0.119. The van der Waals surface area contributed by atoms with Crippen LogP contribution in [0.15, 0.2) is 66.7 Å². The van der Waals surface area contributed by atoms with Crippen molar-refractivity contribution in [2.24, 2.45) is 0 Å². The van der Waals surface area contributed by atoms with Gasteiger partial charge in [-0.2, -0.15) is 0 Å². The number of para-hydroxylation sites is 1. The highest BCUT2D eigenvalue weighted by atomic mass is 32.2. The molecule has 0 aliphatic heterocycles. The Labute approximate surface area is 171 Å². The summed E-state index contributed by atoms with van der Waals surface area (Å²) in [5.74, 6) is 0.305. The molecule has 152 valence electrons. The molecule has 0 atom stereocenters. The third-order valence-electron chi connectivity index (χ3n) is 4.47. The molecule has 29 heavy (non-hydrogen) atoms. The summed E-state index contributed by atoms with van der Waals surface area (Å²) in [7, 11) is -3.66. The van der Waals surface area contributed by atoms with Crippen LogP contribution in [0, 0.1) is 0 Å². The van der Waals surface area contributed by atoms with E-state index in [1.807, 2.05) is 61.5 Å². The summed E-state index contributed by atoms with van der Waals surface area (Å²) in [4.78, 5) is 12.6. The molecule has 0 saturated heterocycles. The first-order valence-electron chi connectivity index (χ1n) is 9.33. The molecule has 1 N–H and O–H groups in total. The number of sulfonamides is 1. The van der Waals surface area contributed by atoms with Gasteiger partial charge in [0.2, 0.25) is 15.9 Å². The van der Waals surface area contributed by atoms with Gasteiger partial charge in [-0.15, -0.1) is 0 Å². The van der Waals surface area contributed by atoms with Crippen molar-refractivity contribution in [3.05, 3.63) is 72.3 Å². The summed E-state index contributed by atoms with van der Waals surface area (Å²) in [5, 5.41) is 4.47. The number of carbonyl (C=O) groups excluding carboxylic acids is 1. The van der Waals surface area contributed by atoms with Crippen LogP contribution in [0.4, 0.5) is 5.69 Å². The Bertz CT molecular complexity index is 1110. The van der Waals surface area contributed by atoms with E-state index in [0.717, 1.165) is 26.9 Å². The molecule has 0 aliphatic carbocycles. The normalized spacial score (nSPS) is 11.2. The highest BCUT2D eigenvalue weighted by molar-refractivity contribution is 7.92. The number of amides is 1. The van der Waals surface area contributed by atoms with Gasteiger partial charge in [0, 0.05) is 17.5 Å². The lowest BCUT2D eigenvalue weighted by atomic mass is 10.1. The summed E-state index contributed by atoms with van der Waals surface area (Å²) in [6.07, 6.45) is 1.10. The van der Waals surface area contributed by atoms with Crippen molar-refractivity contribution in [1.82, 2.24) is 5.32 Å². The fourth-order valence-electron chi connectivity index (χ4n) is 3.13. The zero-order valence-electron chi connectivity index (χ0n) is 16.5. The molecular weight excluding hydrogens is 388 g/mol. The second-order valence-electron chi connectivity index (χ2n) is 6.59. The van der Waals surface area contributed by atoms with Gasteiger partial charge >= 0.3 is 0 Å². The van der Waals surface area contributed by atoms with Gasteiger partial charge in [-0.05, 0) is 24.4 Å². The Morgan fingerprint density at radius 1 is 1.00 bits per heavy atom. The van der Waals surface area contributed by atoms with Gasteiger partial charge < -0.3 is 10.1 Å². The van der Waals surface area contributed by atoms with Crippen molar-refractivity contribution in [2.75, 3.05) is 23.7 Å². The minimum absolute atomic E-state index is 0.252. The predicted molar refractivity (Wildman–Crippen MR) is 116 cm³/mol. The van der Waals surface area contributed by atoms with Gasteiger partial charge in [-0.3, -0.25) is 9.10 Å². The number of nitrogens with one attached hydrogen (secondary N) is 1. The van der Waals surface area contributed by atoms with E-state index in [1.165, 1.54) is 0 Å². The largest absolute Gasteiger partial charge is 0.494 e. The molecule has 0 spiro atoms. The molecule has 0 aromatic heterocycles. The van der Waals surface area contributed by atoms with Crippen molar-refractivity contribution >= 4 is 32.4 Å². The van der Waals surface area contributed by atoms with E-state index in [0.29, 0.717) is 18.0 Å². The van der Waals surface area contributed by atoms with Gasteiger partial charge in [0.25, 0.3) is 0 Å². The Hall–Kier alpha value is -3.06. The van der Waals surface area contributed by atoms with Gasteiger partial charge in [-0.25, -0.2) is 8.42 Å². The van der Waals surface area contributed by atoms with E-state index in [1.54, 1.807) is 12.1 Å². The quantitative estimate of drug-likeness (QED) is 0.616. The molecule has 0 unspecified atom stereocenters. The summed E-state index contributed by atoms with van der Waals surface area (Å²) >= 11 is 0. The molecule has 0 fully saturated rings. The number of hydrogen-bond acceptors (Lipinski definition) is 4. The number of hydrogen-bond donors (Lipinski definition) is 1. The fourth-order valence-corrected chi connectivity index (χ4v) is 4.00. The van der Waals surface area contributed by atoms with Crippen LogP contribution in [0.2, 0.25) is 0 Å². The summed E-state index contributed by atoms with van der Waals surface area (Å²) in [6.45, 7) is 2.36. The van der Waals surface area contributed by atoms with Gasteiger partial charge in [0.15, 0.2) is 0 Å². The van der Waals surface area contributed by atoms with Crippen LogP contribution in [0.5, 0.6) is 5.75 Å². The Morgan fingerprint density at radius 3 is 2.45 bits per heavy atom. The number of carbonyl (C=O) groups is 1. The lowest BCUT2D eigenvalue weighted by Gasteiger charge is -2.23. The maximum Gasteiger partial charge on any atom is 0.241 e. The fraction of sp³-hybridized carbons (Fsp3) is 0.227. The molecule has 3 rings (SSSR count). The topological polar surface area (TPSA) is 75.7 Å². The van der Waals surface area contributed by atoms with Gasteiger partial charge in [-0.1, -0.05) is 54.6 Å². The molecular formula is C22H24N2O4S. The van der Waals surface area contributed by atoms with Crippen molar-refractivity contribution in [1.29, 1.82) is 0 Å². The maximum atomic E-state index is 12.6. The number of rotatable bonds is 8. The predicted octanol–water partition coefficient (Wildman–Crippen LogP) is 3.32. The molecule has 0 radical (unpaired) electrons. The van der Waals surface area contributed by atoms with Crippen molar-refractivity contribution in [3.63, 3.8) is 0 Å². The van der Waals surface area contributed by atoms with Gasteiger partial charge in [0.1, 0.15) is 12.3 Å². The van der Waals surface area contributed by atoms with E-state index >= 15 is 0 Å². The highest BCUT2D eigenvalue weighted by Crippen LogP contribution is 2.28. The third kappa shape index (κ3) is 5.06. The first kappa shape index (κ1) is 20.7. The van der Waals surface area contributed by atoms with E-state index in [-0.39, 0.29) is 13.1 Å². The molecule has 3 aromatic carbocycles. The molecule has 0 heterocycles. The van der Waals surface area contributed by atoms with E-state index < -0.39 is 15.9 Å². The van der Waals surface area contributed by atoms with Crippen molar-refractivity contribution < 1.29 is 17.9 Å². The SMILES string of the molecule is CCOc1ccccc1CNC(=O)CN(c1cccc2ccccc12)S(C)(=O)=O. The number of nitrogens with zero attached hydrogens (tertiary/aromatic N) is 1. The smallest absolute Gasteiger partial charge is 0.241 e. The summed E-state index contributed by atoms with van der Waals surface area (Å²) < 4.78 is 31.6. The second-order valence-corrected chi connectivity index (χ2v) is 8.49. The van der Waals surface area contributed by atoms with Crippen LogP contribution in [-0.4, -0.2) is 33.7 Å². The monoisotopic (exact) mass is 412 g/mol. The van der Waals surface area contributed by atoms with Crippen LogP contribution in [0.1, 0.15) is 12.5 Å². The zero-order chi connectivity index (χ0) is 20.9. The first-order chi connectivity index (χ1) is 13.9. The standard InChI is InChI=1S/C22H24N2O4S/c1-3-28-21-14-7-5-10-18(21)15-23-22(25)16-24(29(2,26)27)20-13-8-11-17-9-4-6-12-19(17)20/h4-14H,3,15-16H2,1-2H3,(H,23,25). The zero-order valence-corrected chi connectivity index (χ0v) is 17.3. The molecule has 7 heteroatoms. The van der Waals surface area contributed by atoms with Crippen molar-refractivity contribution in [2.45, 2.75) is 13.5 Å². The molecule has 0 aliphatic rings. The number of anilines is 1. The average molecular weight is 413 g/mol. The van der Waals surface area contributed by atoms with Crippen LogP contribution in [0.3, 0.4) is 0 Å². The Morgan fingerprint density at radius 2 is 1.69 bits per heavy atom. The number of fused-ring (bicyclic) bond motifs is 1. The maximum absolute atomic E-state index is 12.6. The third-order valence-corrected chi connectivity index (χ3v) is 5.60. The first-order valence-corrected chi connectivity index (χ1v) is 11.2. The summed E-state index contributed by atoms with van der Waals surface area (Å²) in [5.41, 5.74) is 1.31. The minimum Gasteiger partial charge on any atom is -0.494 e. The van der Waals surface area contributed by atoms with Crippen LogP contribution in [-0.2, 0) is 21.4 Å². The molecule has 3 aromatic rings. The summed E-state index contributed by atoms with van der Waals surface area (Å²) in [6, 6.07) is 20.3. The number of benzene rings is 3. The van der Waals surface area contributed by atoms with Gasteiger partial charge in [0.05, 0.1) is 18.6 Å². The van der Waals surface area contributed by atoms with E-state index in [4.69, 9.17) is 4.74 Å². The molecule has 1 amide bonds. The van der Waals surface area contributed by atoms with E-state index in [9.17, 15) is 13.2 Å². The van der Waals surface area contributed by atoms with E-state index in [2.05, 4.69) is 5.32 Å². The molecule has 0 saturated carbocycles. The van der Waals surface area contributed by atoms with Crippen LogP contribution < -0.4 is 14.4 Å². The highest BCUT2D eigenvalue weighted by Gasteiger charge is 2.22.